The second-order valence-corrected chi connectivity index (χ2v) is 6.21. The lowest BCUT2D eigenvalue weighted by atomic mass is 10.2. The zero-order valence-corrected chi connectivity index (χ0v) is 12.8. The van der Waals surface area contributed by atoms with Crippen LogP contribution in [-0.4, -0.2) is 15.5 Å². The Balaban J connectivity index is 2.03. The van der Waals surface area contributed by atoms with Gasteiger partial charge in [-0.3, -0.25) is 4.84 Å². The van der Waals surface area contributed by atoms with Crippen LogP contribution < -0.4 is 9.62 Å². The van der Waals surface area contributed by atoms with Crippen molar-refractivity contribution in [1.29, 1.82) is 0 Å². The summed E-state index contributed by atoms with van der Waals surface area (Å²) in [5, 5.41) is 0.212. The van der Waals surface area contributed by atoms with Crippen molar-refractivity contribution >= 4 is 21.6 Å². The number of nitrogens with one attached hydrogen (secondary N) is 1. The van der Waals surface area contributed by atoms with Gasteiger partial charge in [0.2, 0.25) is 0 Å². The molecule has 1 N–H and O–H groups in total. The number of sulfonamides is 1. The van der Waals surface area contributed by atoms with Gasteiger partial charge >= 0.3 is 0 Å². The predicted octanol–water partition coefficient (Wildman–Crippen LogP) is 2.76. The molecule has 0 unspecified atom stereocenters. The van der Waals surface area contributed by atoms with E-state index in [1.807, 2.05) is 30.3 Å². The summed E-state index contributed by atoms with van der Waals surface area (Å²) in [6, 6.07) is 13.4. The molecule has 0 radical (unpaired) electrons. The highest BCUT2D eigenvalue weighted by Gasteiger charge is 2.16. The summed E-state index contributed by atoms with van der Waals surface area (Å²) in [5.74, 6) is 0.404. The van der Waals surface area contributed by atoms with Crippen molar-refractivity contribution in [2.24, 2.45) is 0 Å². The van der Waals surface area contributed by atoms with Gasteiger partial charge in [-0.05, 0) is 23.8 Å². The smallest absolute Gasteiger partial charge is 0.262 e. The first-order chi connectivity index (χ1) is 10.0. The summed E-state index contributed by atoms with van der Waals surface area (Å²) in [5.41, 5.74) is 0.855. The van der Waals surface area contributed by atoms with E-state index >= 15 is 0 Å². The molecule has 2 rings (SSSR count). The molecule has 0 bridgehead atoms. The van der Waals surface area contributed by atoms with Crippen LogP contribution in [0.4, 0.5) is 0 Å². The van der Waals surface area contributed by atoms with Gasteiger partial charge in [-0.2, -0.15) is 0 Å². The van der Waals surface area contributed by atoms with Crippen LogP contribution >= 0.6 is 11.6 Å². The van der Waals surface area contributed by atoms with Crippen molar-refractivity contribution in [1.82, 2.24) is 4.89 Å². The van der Waals surface area contributed by atoms with Gasteiger partial charge in [-0.25, -0.2) is 8.42 Å². The number of hydrogen-bond acceptors (Lipinski definition) is 4. The molecule has 0 saturated heterocycles. The fourth-order valence-electron chi connectivity index (χ4n) is 1.63. The van der Waals surface area contributed by atoms with Gasteiger partial charge in [0.25, 0.3) is 10.0 Å². The summed E-state index contributed by atoms with van der Waals surface area (Å²) in [6.07, 6.45) is 0. The van der Waals surface area contributed by atoms with Gasteiger partial charge in [-0.1, -0.05) is 46.8 Å². The Morgan fingerprint density at radius 1 is 1.14 bits per heavy atom. The van der Waals surface area contributed by atoms with E-state index < -0.39 is 10.0 Å². The minimum atomic E-state index is -3.79. The largest absolute Gasteiger partial charge is 0.495 e. The van der Waals surface area contributed by atoms with Gasteiger partial charge in [0.15, 0.2) is 0 Å². The quantitative estimate of drug-likeness (QED) is 0.829. The predicted molar refractivity (Wildman–Crippen MR) is 79.6 cm³/mol. The fraction of sp³-hybridized carbons (Fsp3) is 0.143. The van der Waals surface area contributed by atoms with Crippen LogP contribution in [0.25, 0.3) is 0 Å². The van der Waals surface area contributed by atoms with Crippen LogP contribution in [0.5, 0.6) is 5.75 Å². The Bertz CT molecular complexity index is 704. The minimum Gasteiger partial charge on any atom is -0.495 e. The van der Waals surface area contributed by atoms with Gasteiger partial charge in [-0.15, -0.1) is 0 Å². The van der Waals surface area contributed by atoms with Gasteiger partial charge in [0.05, 0.1) is 23.6 Å². The molecule has 0 fully saturated rings. The first kappa shape index (κ1) is 15.8. The number of hydrogen-bond donors (Lipinski definition) is 1. The molecule has 5 nitrogen and oxygen atoms in total. The Morgan fingerprint density at radius 2 is 1.86 bits per heavy atom. The van der Waals surface area contributed by atoms with Gasteiger partial charge in [0, 0.05) is 0 Å². The van der Waals surface area contributed by atoms with Crippen molar-refractivity contribution in [3.8, 4) is 5.75 Å². The molecule has 0 aliphatic carbocycles. The molecule has 0 aliphatic rings. The number of halogens is 1. The molecular formula is C14H14ClNO4S. The van der Waals surface area contributed by atoms with Crippen molar-refractivity contribution in [3.05, 3.63) is 59.1 Å². The summed E-state index contributed by atoms with van der Waals surface area (Å²) in [7, 11) is -2.34. The van der Waals surface area contributed by atoms with E-state index in [2.05, 4.69) is 4.89 Å². The van der Waals surface area contributed by atoms with Crippen LogP contribution in [0.1, 0.15) is 5.56 Å². The molecule has 21 heavy (non-hydrogen) atoms. The maximum Gasteiger partial charge on any atom is 0.262 e. The molecule has 0 heterocycles. The lowest BCUT2D eigenvalue weighted by molar-refractivity contribution is 0.0795. The first-order valence-corrected chi connectivity index (χ1v) is 7.90. The van der Waals surface area contributed by atoms with Crippen molar-refractivity contribution in [3.63, 3.8) is 0 Å². The molecule has 7 heteroatoms. The number of methoxy groups -OCH3 is 1. The van der Waals surface area contributed by atoms with Gasteiger partial charge < -0.3 is 4.74 Å². The Kier molecular flexibility index (Phi) is 5.19. The van der Waals surface area contributed by atoms with Crippen LogP contribution in [0.2, 0.25) is 5.02 Å². The molecule has 0 atom stereocenters. The second-order valence-electron chi connectivity index (χ2n) is 4.16. The van der Waals surface area contributed by atoms with Crippen LogP contribution in [0, 0.1) is 0 Å². The molecule has 0 saturated carbocycles. The number of rotatable bonds is 6. The first-order valence-electron chi connectivity index (χ1n) is 6.04. The molecule has 2 aromatic rings. The van der Waals surface area contributed by atoms with E-state index in [1.54, 1.807) is 0 Å². The van der Waals surface area contributed by atoms with Crippen LogP contribution in [0.15, 0.2) is 53.4 Å². The summed E-state index contributed by atoms with van der Waals surface area (Å²) in [4.78, 5) is 7.09. The lowest BCUT2D eigenvalue weighted by Gasteiger charge is -2.09. The average Bonchev–Trinajstić information content (AvgIpc) is 2.48. The van der Waals surface area contributed by atoms with E-state index in [9.17, 15) is 8.42 Å². The Labute approximate surface area is 128 Å². The molecule has 0 amide bonds. The number of ether oxygens (including phenoxy) is 1. The van der Waals surface area contributed by atoms with Gasteiger partial charge in [0.1, 0.15) is 5.75 Å². The van der Waals surface area contributed by atoms with Crippen molar-refractivity contribution in [2.45, 2.75) is 11.5 Å². The normalized spacial score (nSPS) is 11.3. The summed E-state index contributed by atoms with van der Waals surface area (Å²) in [6.45, 7) is 0.129. The maximum absolute atomic E-state index is 12.0. The molecule has 0 spiro atoms. The minimum absolute atomic E-state index is 0.00126. The maximum atomic E-state index is 12.0. The zero-order chi connectivity index (χ0) is 15.3. The highest BCUT2D eigenvalue weighted by Crippen LogP contribution is 2.26. The molecular weight excluding hydrogens is 314 g/mol. The third kappa shape index (κ3) is 4.18. The highest BCUT2D eigenvalue weighted by molar-refractivity contribution is 7.89. The summed E-state index contributed by atoms with van der Waals surface area (Å²) >= 11 is 5.91. The van der Waals surface area contributed by atoms with Crippen molar-refractivity contribution < 1.29 is 18.0 Å². The lowest BCUT2D eigenvalue weighted by Crippen LogP contribution is -2.24. The third-order valence-electron chi connectivity index (χ3n) is 2.68. The standard InChI is InChI=1S/C14H14ClNO4S/c1-19-14-8-7-12(9-13(14)15)21(17,18)16-20-10-11-5-3-2-4-6-11/h2-9,16H,10H2,1H3. The van der Waals surface area contributed by atoms with E-state index in [0.29, 0.717) is 5.75 Å². The molecule has 0 aliphatic heterocycles. The summed E-state index contributed by atoms with van der Waals surface area (Å²) < 4.78 is 29.1. The average molecular weight is 328 g/mol. The SMILES string of the molecule is COc1ccc(S(=O)(=O)NOCc2ccccc2)cc1Cl. The zero-order valence-electron chi connectivity index (χ0n) is 11.2. The van der Waals surface area contributed by atoms with E-state index in [4.69, 9.17) is 21.2 Å². The van der Waals surface area contributed by atoms with Crippen LogP contribution in [-0.2, 0) is 21.5 Å². The highest BCUT2D eigenvalue weighted by atomic mass is 35.5. The molecule has 0 aromatic heterocycles. The van der Waals surface area contributed by atoms with E-state index in [-0.39, 0.29) is 16.5 Å². The molecule has 112 valence electrons. The monoisotopic (exact) mass is 327 g/mol. The second kappa shape index (κ2) is 6.91. The number of benzene rings is 2. The fourth-order valence-corrected chi connectivity index (χ4v) is 2.78. The topological polar surface area (TPSA) is 64.6 Å². The van der Waals surface area contributed by atoms with E-state index in [1.165, 1.54) is 25.3 Å². The Hall–Kier alpha value is -1.60. The molecule has 2 aromatic carbocycles. The third-order valence-corrected chi connectivity index (χ3v) is 4.19. The van der Waals surface area contributed by atoms with Crippen LogP contribution in [0.3, 0.4) is 0 Å². The van der Waals surface area contributed by atoms with Crippen molar-refractivity contribution in [2.75, 3.05) is 7.11 Å². The van der Waals surface area contributed by atoms with E-state index in [0.717, 1.165) is 5.56 Å². The Morgan fingerprint density at radius 3 is 2.48 bits per heavy atom.